The summed E-state index contributed by atoms with van der Waals surface area (Å²) in [5.41, 5.74) is 8.80. The largest absolute Gasteiger partial charge is 0.382 e. The molecule has 1 heterocycles. The normalized spacial score (nSPS) is 13.3. The van der Waals surface area contributed by atoms with Gasteiger partial charge in [-0.15, -0.1) is 0 Å². The number of nitrogen functional groups attached to an aromatic ring is 1. The second-order valence-electron chi connectivity index (χ2n) is 4.52. The minimum Gasteiger partial charge on any atom is -0.382 e. The lowest BCUT2D eigenvalue weighted by Crippen LogP contribution is -2.13. The van der Waals surface area contributed by atoms with Crippen molar-refractivity contribution < 1.29 is 0 Å². The molecule has 0 amide bonds. The summed E-state index contributed by atoms with van der Waals surface area (Å²) in [7, 11) is 0. The van der Waals surface area contributed by atoms with Gasteiger partial charge < -0.3 is 5.73 Å². The maximum Gasteiger partial charge on any atom is 0.193 e. The van der Waals surface area contributed by atoms with E-state index in [1.807, 2.05) is 0 Å². The van der Waals surface area contributed by atoms with E-state index >= 15 is 0 Å². The van der Waals surface area contributed by atoms with Gasteiger partial charge in [-0.25, -0.2) is 9.97 Å². The molecule has 0 spiro atoms. The standard InChI is InChI=1S/C14H14N4S/c15-13(16)12-6-7-17-14(18-12)19-11-5-4-9-2-1-3-10(9)8-11/h4-8H,1-3H2,(H3,15,16). The van der Waals surface area contributed by atoms with Gasteiger partial charge in [-0.05, 0) is 60.4 Å². The second kappa shape index (κ2) is 5.01. The van der Waals surface area contributed by atoms with Gasteiger partial charge in [0.2, 0.25) is 0 Å². The van der Waals surface area contributed by atoms with Crippen LogP contribution in [0.25, 0.3) is 0 Å². The minimum absolute atomic E-state index is 0.0294. The van der Waals surface area contributed by atoms with E-state index in [0.29, 0.717) is 10.9 Å². The first kappa shape index (κ1) is 12.2. The Bertz CT molecular complexity index is 639. The number of benzene rings is 1. The Morgan fingerprint density at radius 3 is 2.89 bits per heavy atom. The fourth-order valence-electron chi connectivity index (χ4n) is 2.26. The van der Waals surface area contributed by atoms with Gasteiger partial charge in [-0.1, -0.05) is 6.07 Å². The molecule has 0 unspecified atom stereocenters. The van der Waals surface area contributed by atoms with Crippen LogP contribution in [0.4, 0.5) is 0 Å². The van der Waals surface area contributed by atoms with E-state index in [1.165, 1.54) is 35.7 Å². The van der Waals surface area contributed by atoms with Crippen molar-refractivity contribution in [3.63, 3.8) is 0 Å². The van der Waals surface area contributed by atoms with E-state index in [-0.39, 0.29) is 5.84 Å². The average molecular weight is 270 g/mol. The summed E-state index contributed by atoms with van der Waals surface area (Å²) >= 11 is 1.51. The minimum atomic E-state index is -0.0294. The van der Waals surface area contributed by atoms with E-state index in [2.05, 4.69) is 28.2 Å². The molecule has 19 heavy (non-hydrogen) atoms. The molecular weight excluding hydrogens is 256 g/mol. The van der Waals surface area contributed by atoms with E-state index in [1.54, 1.807) is 12.3 Å². The molecule has 2 aromatic rings. The number of fused-ring (bicyclic) bond motifs is 1. The molecule has 1 aromatic carbocycles. The highest BCUT2D eigenvalue weighted by Crippen LogP contribution is 2.30. The maximum atomic E-state index is 7.39. The number of aryl methyl sites for hydroxylation is 2. The summed E-state index contributed by atoms with van der Waals surface area (Å²) in [6, 6.07) is 8.17. The van der Waals surface area contributed by atoms with Gasteiger partial charge in [0.25, 0.3) is 0 Å². The first-order valence-corrected chi connectivity index (χ1v) is 7.01. The monoisotopic (exact) mass is 270 g/mol. The number of nitrogens with two attached hydrogens (primary N) is 1. The highest BCUT2D eigenvalue weighted by atomic mass is 32.2. The van der Waals surface area contributed by atoms with Crippen molar-refractivity contribution in [1.82, 2.24) is 9.97 Å². The Morgan fingerprint density at radius 1 is 1.21 bits per heavy atom. The molecule has 5 heteroatoms. The van der Waals surface area contributed by atoms with Crippen LogP contribution in [0, 0.1) is 5.41 Å². The smallest absolute Gasteiger partial charge is 0.193 e. The van der Waals surface area contributed by atoms with Crippen molar-refractivity contribution in [3.8, 4) is 0 Å². The summed E-state index contributed by atoms with van der Waals surface area (Å²) in [5, 5.41) is 8.02. The summed E-state index contributed by atoms with van der Waals surface area (Å²) in [6.07, 6.45) is 5.24. The average Bonchev–Trinajstić information content (AvgIpc) is 2.86. The Kier molecular flexibility index (Phi) is 3.21. The molecule has 0 atom stereocenters. The summed E-state index contributed by atoms with van der Waals surface area (Å²) in [4.78, 5) is 9.61. The lowest BCUT2D eigenvalue weighted by Gasteiger charge is -2.04. The fourth-order valence-corrected chi connectivity index (χ4v) is 3.06. The first-order valence-electron chi connectivity index (χ1n) is 6.19. The Morgan fingerprint density at radius 2 is 2.05 bits per heavy atom. The van der Waals surface area contributed by atoms with Gasteiger partial charge in [0.05, 0.1) is 0 Å². The van der Waals surface area contributed by atoms with E-state index < -0.39 is 0 Å². The van der Waals surface area contributed by atoms with Crippen LogP contribution in [-0.2, 0) is 12.8 Å². The number of amidine groups is 1. The summed E-state index contributed by atoms with van der Waals surface area (Å²) < 4.78 is 0. The van der Waals surface area contributed by atoms with Crippen LogP contribution in [-0.4, -0.2) is 15.8 Å². The van der Waals surface area contributed by atoms with Crippen LogP contribution in [0.5, 0.6) is 0 Å². The molecule has 1 aliphatic carbocycles. The van der Waals surface area contributed by atoms with E-state index in [9.17, 15) is 0 Å². The van der Waals surface area contributed by atoms with E-state index in [4.69, 9.17) is 11.1 Å². The third kappa shape index (κ3) is 2.61. The molecule has 1 aromatic heterocycles. The maximum absolute atomic E-state index is 7.39. The summed E-state index contributed by atoms with van der Waals surface area (Å²) in [5.74, 6) is -0.0294. The molecule has 0 aliphatic heterocycles. The molecule has 4 nitrogen and oxygen atoms in total. The van der Waals surface area contributed by atoms with Crippen LogP contribution >= 0.6 is 11.8 Å². The molecule has 3 N–H and O–H groups in total. The molecular formula is C14H14N4S. The molecule has 1 aliphatic rings. The highest BCUT2D eigenvalue weighted by molar-refractivity contribution is 7.99. The molecule has 0 radical (unpaired) electrons. The fraction of sp³-hybridized carbons (Fsp3) is 0.214. The van der Waals surface area contributed by atoms with Gasteiger partial charge in [0.1, 0.15) is 11.5 Å². The van der Waals surface area contributed by atoms with Crippen LogP contribution in [0.3, 0.4) is 0 Å². The van der Waals surface area contributed by atoms with Gasteiger partial charge in [0, 0.05) is 11.1 Å². The predicted octanol–water partition coefficient (Wildman–Crippen LogP) is 2.40. The van der Waals surface area contributed by atoms with Gasteiger partial charge in [-0.2, -0.15) is 0 Å². The molecule has 0 saturated heterocycles. The number of nitrogens with one attached hydrogen (secondary N) is 1. The number of nitrogens with zero attached hydrogens (tertiary/aromatic N) is 2. The molecule has 0 saturated carbocycles. The first-order chi connectivity index (χ1) is 9.22. The summed E-state index contributed by atoms with van der Waals surface area (Å²) in [6.45, 7) is 0. The Labute approximate surface area is 116 Å². The zero-order chi connectivity index (χ0) is 13.2. The zero-order valence-electron chi connectivity index (χ0n) is 10.4. The van der Waals surface area contributed by atoms with Crippen molar-refractivity contribution in [1.29, 1.82) is 5.41 Å². The van der Waals surface area contributed by atoms with Crippen molar-refractivity contribution in [2.45, 2.75) is 29.3 Å². The number of aromatic nitrogens is 2. The molecule has 0 bridgehead atoms. The highest BCUT2D eigenvalue weighted by Gasteiger charge is 2.12. The van der Waals surface area contributed by atoms with Crippen molar-refractivity contribution in [3.05, 3.63) is 47.3 Å². The van der Waals surface area contributed by atoms with Crippen LogP contribution in [0.1, 0.15) is 23.2 Å². The quantitative estimate of drug-likeness (QED) is 0.510. The predicted molar refractivity (Wildman–Crippen MR) is 75.6 cm³/mol. The van der Waals surface area contributed by atoms with Gasteiger partial charge in [-0.3, -0.25) is 5.41 Å². The SMILES string of the molecule is N=C(N)c1ccnc(Sc2ccc3c(c2)CCC3)n1. The third-order valence-corrected chi connectivity index (χ3v) is 4.06. The molecule has 96 valence electrons. The zero-order valence-corrected chi connectivity index (χ0v) is 11.2. The molecule has 3 rings (SSSR count). The second-order valence-corrected chi connectivity index (χ2v) is 5.56. The molecule has 0 fully saturated rings. The topological polar surface area (TPSA) is 75.7 Å². The van der Waals surface area contributed by atoms with Crippen molar-refractivity contribution >= 4 is 17.6 Å². The van der Waals surface area contributed by atoms with Gasteiger partial charge in [0.15, 0.2) is 5.16 Å². The number of hydrogen-bond donors (Lipinski definition) is 2. The Hall–Kier alpha value is -1.88. The Balaban J connectivity index is 1.85. The van der Waals surface area contributed by atoms with Gasteiger partial charge >= 0.3 is 0 Å². The van der Waals surface area contributed by atoms with E-state index in [0.717, 1.165) is 11.3 Å². The number of rotatable bonds is 3. The number of hydrogen-bond acceptors (Lipinski definition) is 4. The van der Waals surface area contributed by atoms with Crippen LogP contribution in [0.2, 0.25) is 0 Å². The van der Waals surface area contributed by atoms with Crippen LogP contribution in [0.15, 0.2) is 40.5 Å². The van der Waals surface area contributed by atoms with Crippen LogP contribution < -0.4 is 5.73 Å². The lowest BCUT2D eigenvalue weighted by atomic mass is 10.1. The third-order valence-electron chi connectivity index (χ3n) is 3.19. The van der Waals surface area contributed by atoms with Crippen molar-refractivity contribution in [2.24, 2.45) is 5.73 Å². The van der Waals surface area contributed by atoms with Crippen molar-refractivity contribution in [2.75, 3.05) is 0 Å². The lowest BCUT2D eigenvalue weighted by molar-refractivity contribution is 0.911.